The van der Waals surface area contributed by atoms with Gasteiger partial charge in [-0.2, -0.15) is 0 Å². The van der Waals surface area contributed by atoms with Gasteiger partial charge in [-0.25, -0.2) is 8.42 Å². The highest BCUT2D eigenvalue weighted by atomic mass is 32.2. The number of nitrogens with zero attached hydrogens (tertiary/aromatic N) is 2. The Balaban J connectivity index is 1.63. The first kappa shape index (κ1) is 21.2. The molecule has 2 aromatic rings. The third-order valence-corrected chi connectivity index (χ3v) is 7.17. The zero-order valence-electron chi connectivity index (χ0n) is 17.2. The number of hydrogen-bond acceptors (Lipinski definition) is 4. The van der Waals surface area contributed by atoms with Crippen LogP contribution >= 0.6 is 0 Å². The Hall–Kier alpha value is -2.54. The zero-order chi connectivity index (χ0) is 21.0. The van der Waals surface area contributed by atoms with Crippen LogP contribution in [-0.2, 0) is 14.8 Å². The molecule has 156 valence electrons. The maximum Gasteiger partial charge on any atom is 0.264 e. The largest absolute Gasteiger partial charge is 0.484 e. The van der Waals surface area contributed by atoms with Crippen LogP contribution in [0.4, 0.5) is 5.69 Å². The van der Waals surface area contributed by atoms with Crippen LogP contribution < -0.4 is 9.04 Å². The van der Waals surface area contributed by atoms with E-state index < -0.39 is 10.0 Å². The first-order chi connectivity index (χ1) is 13.8. The highest BCUT2D eigenvalue weighted by Crippen LogP contribution is 2.25. The highest BCUT2D eigenvalue weighted by molar-refractivity contribution is 7.92. The number of sulfonamides is 1. The SMILES string of the molecule is Cc1ccc(S(=O)(=O)N(C)c2ccc(OCC(=O)N3CCCCC3C)cc2)cc1. The molecular weight excluding hydrogens is 388 g/mol. The normalized spacial score (nSPS) is 17.1. The fourth-order valence-electron chi connectivity index (χ4n) is 3.46. The number of amides is 1. The molecule has 7 heteroatoms. The molecule has 29 heavy (non-hydrogen) atoms. The van der Waals surface area contributed by atoms with E-state index in [4.69, 9.17) is 4.74 Å². The predicted molar refractivity (Wildman–Crippen MR) is 114 cm³/mol. The van der Waals surface area contributed by atoms with Crippen LogP contribution in [0.5, 0.6) is 5.75 Å². The predicted octanol–water partition coefficient (Wildman–Crippen LogP) is 3.60. The van der Waals surface area contributed by atoms with Crippen LogP contribution in [0.1, 0.15) is 31.7 Å². The lowest BCUT2D eigenvalue weighted by atomic mass is 10.0. The molecule has 1 heterocycles. The summed E-state index contributed by atoms with van der Waals surface area (Å²) in [5.41, 5.74) is 1.52. The number of rotatable bonds is 6. The van der Waals surface area contributed by atoms with Crippen molar-refractivity contribution in [2.75, 3.05) is 24.5 Å². The summed E-state index contributed by atoms with van der Waals surface area (Å²) in [6.45, 7) is 4.75. The average molecular weight is 417 g/mol. The van der Waals surface area contributed by atoms with Gasteiger partial charge in [-0.1, -0.05) is 17.7 Å². The fourth-order valence-corrected chi connectivity index (χ4v) is 4.65. The van der Waals surface area contributed by atoms with Crippen LogP contribution in [0.25, 0.3) is 0 Å². The summed E-state index contributed by atoms with van der Waals surface area (Å²) in [4.78, 5) is 14.5. The van der Waals surface area contributed by atoms with Crippen molar-refractivity contribution in [2.45, 2.75) is 44.0 Å². The molecular formula is C22H28N2O4S. The molecule has 1 saturated heterocycles. The maximum atomic E-state index is 12.8. The topological polar surface area (TPSA) is 66.9 Å². The molecule has 6 nitrogen and oxygen atoms in total. The van der Waals surface area contributed by atoms with Gasteiger partial charge in [0.15, 0.2) is 6.61 Å². The van der Waals surface area contributed by atoms with Gasteiger partial charge in [0.05, 0.1) is 10.6 Å². The van der Waals surface area contributed by atoms with Gasteiger partial charge in [-0.15, -0.1) is 0 Å². The Morgan fingerprint density at radius 1 is 1.10 bits per heavy atom. The minimum absolute atomic E-state index is 0.0127. The minimum atomic E-state index is -3.64. The Bertz CT molecular complexity index is 940. The van der Waals surface area contributed by atoms with Crippen LogP contribution in [0.3, 0.4) is 0 Å². The van der Waals surface area contributed by atoms with Gasteiger partial charge >= 0.3 is 0 Å². The third-order valence-electron chi connectivity index (χ3n) is 5.37. The second kappa shape index (κ2) is 8.86. The van der Waals surface area contributed by atoms with Crippen LogP contribution in [0.2, 0.25) is 0 Å². The molecule has 2 aromatic carbocycles. The van der Waals surface area contributed by atoms with Crippen LogP contribution in [0, 0.1) is 6.92 Å². The van der Waals surface area contributed by atoms with E-state index in [1.54, 1.807) is 48.5 Å². The molecule has 1 aliphatic heterocycles. The Kier molecular flexibility index (Phi) is 6.47. The quantitative estimate of drug-likeness (QED) is 0.722. The molecule has 0 spiro atoms. The fraction of sp³-hybridized carbons (Fsp3) is 0.409. The summed E-state index contributed by atoms with van der Waals surface area (Å²) in [5.74, 6) is 0.522. The number of piperidine rings is 1. The number of aryl methyl sites for hydroxylation is 1. The molecule has 3 rings (SSSR count). The van der Waals surface area contributed by atoms with Crippen LogP contribution in [0.15, 0.2) is 53.4 Å². The van der Waals surface area contributed by atoms with Gasteiger partial charge in [-0.3, -0.25) is 9.10 Å². The summed E-state index contributed by atoms with van der Waals surface area (Å²) in [6.07, 6.45) is 3.22. The van der Waals surface area contributed by atoms with Gasteiger partial charge in [0, 0.05) is 19.6 Å². The Morgan fingerprint density at radius 3 is 2.38 bits per heavy atom. The molecule has 0 saturated carbocycles. The summed E-state index contributed by atoms with van der Waals surface area (Å²) >= 11 is 0. The number of likely N-dealkylation sites (tertiary alicyclic amines) is 1. The summed E-state index contributed by atoms with van der Waals surface area (Å²) in [6, 6.07) is 13.7. The number of benzene rings is 2. The Morgan fingerprint density at radius 2 is 1.76 bits per heavy atom. The van der Waals surface area contributed by atoms with E-state index in [0.717, 1.165) is 31.4 Å². The molecule has 0 radical (unpaired) electrons. The molecule has 1 atom stereocenters. The van der Waals surface area contributed by atoms with E-state index in [0.29, 0.717) is 11.4 Å². The summed E-state index contributed by atoms with van der Waals surface area (Å²) in [5, 5.41) is 0. The molecule has 1 fully saturated rings. The first-order valence-electron chi connectivity index (χ1n) is 9.87. The summed E-state index contributed by atoms with van der Waals surface area (Å²) in [7, 11) is -2.12. The van der Waals surface area contributed by atoms with Gasteiger partial charge in [0.1, 0.15) is 5.75 Å². The van der Waals surface area contributed by atoms with E-state index in [2.05, 4.69) is 6.92 Å². The summed E-state index contributed by atoms with van der Waals surface area (Å²) < 4.78 is 32.5. The third kappa shape index (κ3) is 4.90. The van der Waals surface area contributed by atoms with E-state index >= 15 is 0 Å². The number of carbonyl (C=O) groups excluding carboxylic acids is 1. The van der Waals surface area contributed by atoms with Gasteiger partial charge in [0.2, 0.25) is 0 Å². The van der Waals surface area contributed by atoms with Crippen molar-refractivity contribution in [1.29, 1.82) is 0 Å². The van der Waals surface area contributed by atoms with Crippen molar-refractivity contribution in [3.8, 4) is 5.75 Å². The lowest BCUT2D eigenvalue weighted by Gasteiger charge is -2.33. The van der Waals surface area contributed by atoms with Crippen molar-refractivity contribution in [3.63, 3.8) is 0 Å². The van der Waals surface area contributed by atoms with Crippen molar-refractivity contribution < 1.29 is 17.9 Å². The molecule has 0 aromatic heterocycles. The highest BCUT2D eigenvalue weighted by Gasteiger charge is 2.24. The molecule has 1 unspecified atom stereocenters. The molecule has 1 aliphatic rings. The number of anilines is 1. The van der Waals surface area contributed by atoms with E-state index in [-0.39, 0.29) is 23.5 Å². The second-order valence-electron chi connectivity index (χ2n) is 7.50. The molecule has 0 aliphatic carbocycles. The van der Waals surface area contributed by atoms with E-state index in [1.165, 1.54) is 11.4 Å². The molecule has 0 N–H and O–H groups in total. The Labute approximate surface area is 173 Å². The second-order valence-corrected chi connectivity index (χ2v) is 9.47. The number of hydrogen-bond donors (Lipinski definition) is 0. The standard InChI is InChI=1S/C22H28N2O4S/c1-17-7-13-21(14-8-17)29(26,27)23(3)19-9-11-20(12-10-19)28-16-22(25)24-15-5-4-6-18(24)2/h7-14,18H,4-6,15-16H2,1-3H3. The van der Waals surface area contributed by atoms with E-state index in [9.17, 15) is 13.2 Å². The lowest BCUT2D eigenvalue weighted by molar-refractivity contribution is -0.136. The average Bonchev–Trinajstić information content (AvgIpc) is 2.72. The zero-order valence-corrected chi connectivity index (χ0v) is 18.0. The van der Waals surface area contributed by atoms with Crippen molar-refractivity contribution in [1.82, 2.24) is 4.90 Å². The molecule has 0 bridgehead atoms. The monoisotopic (exact) mass is 416 g/mol. The van der Waals surface area contributed by atoms with Crippen LogP contribution in [-0.4, -0.2) is 45.5 Å². The minimum Gasteiger partial charge on any atom is -0.484 e. The van der Waals surface area contributed by atoms with Gasteiger partial charge in [0.25, 0.3) is 15.9 Å². The van der Waals surface area contributed by atoms with Crippen molar-refractivity contribution in [2.24, 2.45) is 0 Å². The van der Waals surface area contributed by atoms with Crippen molar-refractivity contribution in [3.05, 3.63) is 54.1 Å². The van der Waals surface area contributed by atoms with E-state index in [1.807, 2.05) is 11.8 Å². The number of carbonyl (C=O) groups is 1. The lowest BCUT2D eigenvalue weighted by Crippen LogP contribution is -2.44. The van der Waals surface area contributed by atoms with Crippen molar-refractivity contribution >= 4 is 21.6 Å². The first-order valence-corrected chi connectivity index (χ1v) is 11.3. The van der Waals surface area contributed by atoms with Gasteiger partial charge < -0.3 is 9.64 Å². The smallest absolute Gasteiger partial charge is 0.264 e. The number of ether oxygens (including phenoxy) is 1. The molecule has 1 amide bonds. The van der Waals surface area contributed by atoms with Gasteiger partial charge in [-0.05, 0) is 69.5 Å². The maximum absolute atomic E-state index is 12.8.